The standard InChI is InChI=1S/C21H25Cl2NO3/c1-14-16(8-13-27-3)21(26)19(15(2)20(14)25)17-6-4-5-7-18(17)24(11-9-22)12-10-23/h4-7H,8-13H2,1-3H3. The zero-order chi connectivity index (χ0) is 20.0. The van der Waals surface area contributed by atoms with E-state index in [-0.39, 0.29) is 11.6 Å². The van der Waals surface area contributed by atoms with E-state index in [1.165, 1.54) is 0 Å². The van der Waals surface area contributed by atoms with E-state index >= 15 is 0 Å². The van der Waals surface area contributed by atoms with Crippen LogP contribution in [0.4, 0.5) is 5.69 Å². The quantitative estimate of drug-likeness (QED) is 0.451. The van der Waals surface area contributed by atoms with Crippen LogP contribution < -0.4 is 4.90 Å². The second kappa shape index (κ2) is 10.1. The molecular weight excluding hydrogens is 385 g/mol. The molecule has 6 heteroatoms. The SMILES string of the molecule is COCCC1=C(C)C(=O)C(C)=C(c2ccccc2N(CCCl)CCCl)C1=O. The smallest absolute Gasteiger partial charge is 0.190 e. The van der Waals surface area contributed by atoms with Crippen LogP contribution in [0, 0.1) is 0 Å². The predicted molar refractivity (Wildman–Crippen MR) is 112 cm³/mol. The number of nitrogens with zero attached hydrogens (tertiary/aromatic N) is 1. The predicted octanol–water partition coefficient (Wildman–Crippen LogP) is 4.25. The van der Waals surface area contributed by atoms with Crippen molar-refractivity contribution in [3.63, 3.8) is 0 Å². The van der Waals surface area contributed by atoms with Crippen molar-refractivity contribution in [2.45, 2.75) is 20.3 Å². The molecule has 0 bridgehead atoms. The van der Waals surface area contributed by atoms with Gasteiger partial charge in [-0.3, -0.25) is 9.59 Å². The van der Waals surface area contributed by atoms with Gasteiger partial charge in [-0.05, 0) is 19.9 Å². The third kappa shape index (κ3) is 4.63. The molecule has 0 aromatic heterocycles. The fourth-order valence-electron chi connectivity index (χ4n) is 3.37. The van der Waals surface area contributed by atoms with Gasteiger partial charge in [0.15, 0.2) is 11.6 Å². The Morgan fingerprint density at radius 2 is 1.59 bits per heavy atom. The Morgan fingerprint density at radius 1 is 0.963 bits per heavy atom. The zero-order valence-corrected chi connectivity index (χ0v) is 17.5. The molecule has 1 aromatic carbocycles. The van der Waals surface area contributed by atoms with Crippen molar-refractivity contribution in [2.24, 2.45) is 0 Å². The first-order chi connectivity index (χ1) is 13.0. The van der Waals surface area contributed by atoms with Gasteiger partial charge < -0.3 is 9.64 Å². The maximum absolute atomic E-state index is 13.3. The van der Waals surface area contributed by atoms with Crippen molar-refractivity contribution in [1.82, 2.24) is 0 Å². The van der Waals surface area contributed by atoms with Crippen LogP contribution in [-0.2, 0) is 14.3 Å². The lowest BCUT2D eigenvalue weighted by Gasteiger charge is -2.28. The number of rotatable bonds is 9. The Hall–Kier alpha value is -1.62. The van der Waals surface area contributed by atoms with E-state index in [2.05, 4.69) is 0 Å². The summed E-state index contributed by atoms with van der Waals surface area (Å²) in [5.41, 5.74) is 3.57. The molecular formula is C21H25Cl2NO3. The summed E-state index contributed by atoms with van der Waals surface area (Å²) in [6.45, 7) is 5.03. The van der Waals surface area contributed by atoms with Gasteiger partial charge in [-0.15, -0.1) is 23.2 Å². The molecule has 1 aliphatic carbocycles. The van der Waals surface area contributed by atoms with Crippen LogP contribution in [0.15, 0.2) is 41.0 Å². The number of hydrogen-bond acceptors (Lipinski definition) is 4. The highest BCUT2D eigenvalue weighted by atomic mass is 35.5. The number of ketones is 2. The topological polar surface area (TPSA) is 46.6 Å². The highest BCUT2D eigenvalue weighted by Crippen LogP contribution is 2.37. The van der Waals surface area contributed by atoms with Gasteiger partial charge >= 0.3 is 0 Å². The number of allylic oxidation sites excluding steroid dienone is 3. The lowest BCUT2D eigenvalue weighted by molar-refractivity contribution is -0.115. The average Bonchev–Trinajstić information content (AvgIpc) is 2.67. The summed E-state index contributed by atoms with van der Waals surface area (Å²) >= 11 is 11.9. The molecule has 0 radical (unpaired) electrons. The van der Waals surface area contributed by atoms with Gasteiger partial charge in [0.05, 0.1) is 6.61 Å². The third-order valence-electron chi connectivity index (χ3n) is 4.79. The highest BCUT2D eigenvalue weighted by Gasteiger charge is 2.32. The Kier molecular flexibility index (Phi) is 8.08. The molecule has 0 atom stereocenters. The fourth-order valence-corrected chi connectivity index (χ4v) is 3.78. The molecule has 1 aromatic rings. The van der Waals surface area contributed by atoms with Crippen molar-refractivity contribution in [2.75, 3.05) is 43.5 Å². The molecule has 146 valence electrons. The summed E-state index contributed by atoms with van der Waals surface area (Å²) in [6.07, 6.45) is 0.416. The van der Waals surface area contributed by atoms with E-state index in [9.17, 15) is 9.59 Å². The largest absolute Gasteiger partial charge is 0.384 e. The minimum absolute atomic E-state index is 0.0910. The number of para-hydroxylation sites is 1. The molecule has 1 aliphatic rings. The van der Waals surface area contributed by atoms with E-state index in [0.717, 1.165) is 11.3 Å². The van der Waals surface area contributed by atoms with Crippen molar-refractivity contribution in [3.8, 4) is 0 Å². The molecule has 0 heterocycles. The number of hydrogen-bond donors (Lipinski definition) is 0. The summed E-state index contributed by atoms with van der Waals surface area (Å²) in [6, 6.07) is 7.60. The van der Waals surface area contributed by atoms with Crippen LogP contribution in [0.5, 0.6) is 0 Å². The number of halogens is 2. The minimum Gasteiger partial charge on any atom is -0.384 e. The second-order valence-corrected chi connectivity index (χ2v) is 7.14. The molecule has 0 N–H and O–H groups in total. The monoisotopic (exact) mass is 409 g/mol. The van der Waals surface area contributed by atoms with Gasteiger partial charge in [0.2, 0.25) is 0 Å². The number of carbonyl (C=O) groups is 2. The summed E-state index contributed by atoms with van der Waals surface area (Å²) < 4.78 is 5.12. The first-order valence-electron chi connectivity index (χ1n) is 8.93. The first kappa shape index (κ1) is 21.7. The molecule has 2 rings (SSSR count). The molecule has 0 amide bonds. The van der Waals surface area contributed by atoms with Crippen LogP contribution >= 0.6 is 23.2 Å². The van der Waals surface area contributed by atoms with Crippen molar-refractivity contribution < 1.29 is 14.3 Å². The number of anilines is 1. The van der Waals surface area contributed by atoms with Crippen LogP contribution in [0.25, 0.3) is 5.57 Å². The highest BCUT2D eigenvalue weighted by molar-refractivity contribution is 6.39. The lowest BCUT2D eigenvalue weighted by atomic mass is 9.80. The Balaban J connectivity index is 2.57. The van der Waals surface area contributed by atoms with E-state index in [1.807, 2.05) is 29.2 Å². The first-order valence-corrected chi connectivity index (χ1v) is 10.00. The molecule has 0 saturated heterocycles. The van der Waals surface area contributed by atoms with Crippen molar-refractivity contribution in [3.05, 3.63) is 46.5 Å². The van der Waals surface area contributed by atoms with Crippen LogP contribution in [-0.4, -0.2) is 50.1 Å². The maximum atomic E-state index is 13.3. The van der Waals surface area contributed by atoms with E-state index < -0.39 is 0 Å². The Morgan fingerprint density at radius 3 is 2.19 bits per heavy atom. The Labute approximate surface area is 170 Å². The van der Waals surface area contributed by atoms with Gasteiger partial charge in [0.25, 0.3) is 0 Å². The van der Waals surface area contributed by atoms with E-state index in [0.29, 0.717) is 60.2 Å². The maximum Gasteiger partial charge on any atom is 0.190 e. The molecule has 0 unspecified atom stereocenters. The summed E-state index contributed by atoms with van der Waals surface area (Å²) in [4.78, 5) is 28.1. The number of benzene rings is 1. The van der Waals surface area contributed by atoms with Gasteiger partial charge in [-0.25, -0.2) is 0 Å². The summed E-state index contributed by atoms with van der Waals surface area (Å²) in [5, 5.41) is 0. The van der Waals surface area contributed by atoms with Gasteiger partial charge in [-0.1, -0.05) is 18.2 Å². The number of alkyl halides is 2. The summed E-state index contributed by atoms with van der Waals surface area (Å²) in [5.74, 6) is 0.681. The fraction of sp³-hybridized carbons (Fsp3) is 0.429. The molecule has 0 saturated carbocycles. The van der Waals surface area contributed by atoms with E-state index in [4.69, 9.17) is 27.9 Å². The third-order valence-corrected chi connectivity index (χ3v) is 5.13. The van der Waals surface area contributed by atoms with Crippen molar-refractivity contribution in [1.29, 1.82) is 0 Å². The minimum atomic E-state index is -0.106. The molecule has 27 heavy (non-hydrogen) atoms. The van der Waals surface area contributed by atoms with Crippen LogP contribution in [0.3, 0.4) is 0 Å². The second-order valence-electron chi connectivity index (χ2n) is 6.39. The van der Waals surface area contributed by atoms with Crippen molar-refractivity contribution >= 4 is 46.0 Å². The number of ether oxygens (including phenoxy) is 1. The number of carbonyl (C=O) groups excluding carboxylic acids is 2. The zero-order valence-electron chi connectivity index (χ0n) is 16.0. The van der Waals surface area contributed by atoms with Crippen LogP contribution in [0.2, 0.25) is 0 Å². The average molecular weight is 410 g/mol. The van der Waals surface area contributed by atoms with Gasteiger partial charge in [-0.2, -0.15) is 0 Å². The van der Waals surface area contributed by atoms with Crippen LogP contribution in [0.1, 0.15) is 25.8 Å². The van der Waals surface area contributed by atoms with Gasteiger partial charge in [0.1, 0.15) is 0 Å². The number of Topliss-reactive ketones (excluding diaryl/α,β-unsaturated/α-hetero) is 2. The number of methoxy groups -OCH3 is 1. The molecule has 0 spiro atoms. The summed E-state index contributed by atoms with van der Waals surface area (Å²) in [7, 11) is 1.58. The normalized spacial score (nSPS) is 15.0. The molecule has 0 fully saturated rings. The molecule has 4 nitrogen and oxygen atoms in total. The molecule has 0 aliphatic heterocycles. The Bertz CT molecular complexity index is 777. The lowest BCUT2D eigenvalue weighted by Crippen LogP contribution is -2.29. The van der Waals surface area contributed by atoms with E-state index in [1.54, 1.807) is 21.0 Å². The van der Waals surface area contributed by atoms with Gasteiger partial charge in [0, 0.05) is 71.9 Å².